The van der Waals surface area contributed by atoms with Crippen LogP contribution in [-0.4, -0.2) is 54.8 Å². The molecule has 1 aromatic heterocycles. The molecule has 1 N–H and O–H groups in total. The molecule has 0 bridgehead atoms. The van der Waals surface area contributed by atoms with E-state index in [1.54, 1.807) is 23.1 Å². The molecule has 0 spiro atoms. The summed E-state index contributed by atoms with van der Waals surface area (Å²) in [6, 6.07) is 8.51. The minimum atomic E-state index is -0.594. The van der Waals surface area contributed by atoms with E-state index in [1.165, 1.54) is 24.5 Å². The summed E-state index contributed by atoms with van der Waals surface area (Å²) in [7, 11) is 0. The highest BCUT2D eigenvalue weighted by Crippen LogP contribution is 2.24. The van der Waals surface area contributed by atoms with Gasteiger partial charge in [0.05, 0.1) is 44.6 Å². The van der Waals surface area contributed by atoms with Gasteiger partial charge in [0, 0.05) is 0 Å². The van der Waals surface area contributed by atoms with E-state index in [-0.39, 0.29) is 29.7 Å². The second-order valence-electron chi connectivity index (χ2n) is 6.70. The molecular weight excluding hydrogens is 353 g/mol. The summed E-state index contributed by atoms with van der Waals surface area (Å²) in [6.07, 6.45) is 1.50. The van der Waals surface area contributed by atoms with E-state index >= 15 is 0 Å². The van der Waals surface area contributed by atoms with Crippen molar-refractivity contribution in [1.82, 2.24) is 4.90 Å². The lowest BCUT2D eigenvalue weighted by Crippen LogP contribution is -3.19. The number of hydrogen-bond donors (Lipinski definition) is 1. The summed E-state index contributed by atoms with van der Waals surface area (Å²) in [4.78, 5) is 41.1. The van der Waals surface area contributed by atoms with Crippen molar-refractivity contribution in [2.24, 2.45) is 0 Å². The topological polar surface area (TPSA) is 75.3 Å². The Morgan fingerprint density at radius 2 is 1.85 bits per heavy atom. The number of piperazine rings is 1. The lowest BCUT2D eigenvalue weighted by atomic mass is 10.1. The van der Waals surface area contributed by atoms with E-state index in [9.17, 15) is 18.8 Å². The Morgan fingerprint density at radius 3 is 2.52 bits per heavy atom. The number of carbonyl (C=O) groups excluding carboxylic acids is 3. The van der Waals surface area contributed by atoms with E-state index in [4.69, 9.17) is 4.42 Å². The van der Waals surface area contributed by atoms with Crippen molar-refractivity contribution in [2.45, 2.75) is 12.5 Å². The summed E-state index contributed by atoms with van der Waals surface area (Å²) in [6.45, 7) is 2.02. The smallest absolute Gasteiger partial charge is 0.292 e. The second kappa shape index (κ2) is 6.96. The van der Waals surface area contributed by atoms with Gasteiger partial charge in [0.15, 0.2) is 11.8 Å². The monoisotopic (exact) mass is 372 g/mol. The van der Waals surface area contributed by atoms with Gasteiger partial charge in [-0.3, -0.25) is 14.4 Å². The van der Waals surface area contributed by atoms with Crippen LogP contribution in [0.1, 0.15) is 17.0 Å². The van der Waals surface area contributed by atoms with Crippen LogP contribution < -0.4 is 9.80 Å². The second-order valence-corrected chi connectivity index (χ2v) is 6.70. The number of furan rings is 1. The minimum absolute atomic E-state index is 0.000957. The van der Waals surface area contributed by atoms with E-state index in [0.29, 0.717) is 26.2 Å². The molecule has 0 radical (unpaired) electrons. The number of nitrogens with zero attached hydrogens (tertiary/aromatic N) is 2. The summed E-state index contributed by atoms with van der Waals surface area (Å²) in [5, 5.41) is 0. The van der Waals surface area contributed by atoms with Crippen molar-refractivity contribution in [2.75, 3.05) is 31.1 Å². The number of imide groups is 1. The molecule has 3 amide bonds. The third-order valence-electron chi connectivity index (χ3n) is 5.16. The van der Waals surface area contributed by atoms with E-state index in [2.05, 4.69) is 0 Å². The number of amides is 3. The van der Waals surface area contributed by atoms with Crippen molar-refractivity contribution >= 4 is 23.4 Å². The molecule has 1 aromatic carbocycles. The molecular formula is C19H19FN3O4+. The van der Waals surface area contributed by atoms with E-state index in [1.807, 2.05) is 0 Å². The molecule has 2 saturated heterocycles. The zero-order valence-corrected chi connectivity index (χ0v) is 14.6. The Morgan fingerprint density at radius 1 is 1.11 bits per heavy atom. The molecule has 2 aliphatic rings. The van der Waals surface area contributed by atoms with Gasteiger partial charge in [-0.2, -0.15) is 0 Å². The largest absolute Gasteiger partial charge is 0.459 e. The van der Waals surface area contributed by atoms with Crippen molar-refractivity contribution in [3.05, 3.63) is 54.2 Å². The van der Waals surface area contributed by atoms with Gasteiger partial charge in [0.2, 0.25) is 5.91 Å². The van der Waals surface area contributed by atoms with E-state index < -0.39 is 17.8 Å². The van der Waals surface area contributed by atoms with Crippen LogP contribution in [0.2, 0.25) is 0 Å². The summed E-state index contributed by atoms with van der Waals surface area (Å²) < 4.78 is 19.2. The van der Waals surface area contributed by atoms with Gasteiger partial charge in [-0.25, -0.2) is 9.29 Å². The average molecular weight is 372 g/mol. The molecule has 3 heterocycles. The zero-order chi connectivity index (χ0) is 19.0. The van der Waals surface area contributed by atoms with Gasteiger partial charge in [-0.1, -0.05) is 12.1 Å². The fourth-order valence-corrected chi connectivity index (χ4v) is 3.74. The molecule has 8 heteroatoms. The summed E-state index contributed by atoms with van der Waals surface area (Å²) >= 11 is 0. The van der Waals surface area contributed by atoms with E-state index in [0.717, 1.165) is 9.80 Å². The number of rotatable bonds is 3. The lowest BCUT2D eigenvalue weighted by molar-refractivity contribution is -0.918. The van der Waals surface area contributed by atoms with Gasteiger partial charge in [0.25, 0.3) is 11.8 Å². The van der Waals surface area contributed by atoms with Gasteiger partial charge >= 0.3 is 0 Å². The molecule has 0 saturated carbocycles. The number of nitrogens with one attached hydrogen (secondary N) is 1. The standard InChI is InChI=1S/C19H18FN3O4/c20-13-4-1-2-5-14(13)23-17(24)12-15(18(23)25)21-7-9-22(10-8-21)19(26)16-6-3-11-27-16/h1-6,11,15H,7-10,12H2/p+1/t15-/m0/s1. The maximum atomic E-state index is 14.0. The predicted octanol–water partition coefficient (Wildman–Crippen LogP) is 0.0915. The maximum Gasteiger partial charge on any atom is 0.292 e. The van der Waals surface area contributed by atoms with Crippen LogP contribution in [0.15, 0.2) is 47.1 Å². The average Bonchev–Trinajstić information content (AvgIpc) is 3.31. The lowest BCUT2D eigenvalue weighted by Gasteiger charge is -2.34. The van der Waals surface area contributed by atoms with Crippen molar-refractivity contribution in [1.29, 1.82) is 0 Å². The number of hydrogen-bond acceptors (Lipinski definition) is 4. The van der Waals surface area contributed by atoms with Gasteiger partial charge in [0.1, 0.15) is 5.82 Å². The van der Waals surface area contributed by atoms with Crippen molar-refractivity contribution < 1.29 is 28.1 Å². The number of halogens is 1. The Bertz CT molecular complexity index is 875. The summed E-state index contributed by atoms with van der Waals surface area (Å²) in [5.74, 6) is -1.26. The molecule has 0 aliphatic carbocycles. The Labute approximate surface area is 154 Å². The SMILES string of the molecule is O=C(c1ccco1)N1CC[NH+]([C@H]2CC(=O)N(c3ccccc3F)C2=O)CC1. The summed E-state index contributed by atoms with van der Waals surface area (Å²) in [5.41, 5.74) is 0.000957. The number of carbonyl (C=O) groups is 3. The number of quaternary nitrogens is 1. The highest BCUT2D eigenvalue weighted by Gasteiger charge is 2.47. The Hall–Kier alpha value is -3.00. The zero-order valence-electron chi connectivity index (χ0n) is 14.6. The Balaban J connectivity index is 1.43. The van der Waals surface area contributed by atoms with Gasteiger partial charge in [-0.05, 0) is 24.3 Å². The molecule has 0 unspecified atom stereocenters. The number of benzene rings is 1. The minimum Gasteiger partial charge on any atom is -0.459 e. The highest BCUT2D eigenvalue weighted by atomic mass is 19.1. The first kappa shape index (κ1) is 17.4. The van der Waals surface area contributed by atoms with Crippen LogP contribution >= 0.6 is 0 Å². The number of anilines is 1. The molecule has 2 fully saturated rings. The molecule has 27 heavy (non-hydrogen) atoms. The first-order chi connectivity index (χ1) is 13.1. The normalized spacial score (nSPS) is 21.1. The molecule has 2 aliphatic heterocycles. The van der Waals surface area contributed by atoms with Gasteiger partial charge in [-0.15, -0.1) is 0 Å². The van der Waals surface area contributed by atoms with Crippen LogP contribution in [0, 0.1) is 5.82 Å². The van der Waals surface area contributed by atoms with Crippen LogP contribution in [0.5, 0.6) is 0 Å². The first-order valence-electron chi connectivity index (χ1n) is 8.85. The van der Waals surface area contributed by atoms with Gasteiger partial charge < -0.3 is 14.2 Å². The Kier molecular flexibility index (Phi) is 4.49. The molecule has 4 rings (SSSR count). The molecule has 140 valence electrons. The third kappa shape index (κ3) is 3.12. The van der Waals surface area contributed by atoms with Crippen LogP contribution in [0.4, 0.5) is 10.1 Å². The molecule has 2 aromatic rings. The predicted molar refractivity (Wildman–Crippen MR) is 92.6 cm³/mol. The third-order valence-corrected chi connectivity index (χ3v) is 5.16. The van der Waals surface area contributed by atoms with Crippen molar-refractivity contribution in [3.63, 3.8) is 0 Å². The number of para-hydroxylation sites is 1. The quantitative estimate of drug-likeness (QED) is 0.775. The fraction of sp³-hybridized carbons (Fsp3) is 0.316. The molecule has 1 atom stereocenters. The van der Waals surface area contributed by atoms with Crippen LogP contribution in [0.25, 0.3) is 0 Å². The highest BCUT2D eigenvalue weighted by molar-refractivity contribution is 6.21. The molecule has 7 nitrogen and oxygen atoms in total. The maximum absolute atomic E-state index is 14.0. The fourth-order valence-electron chi connectivity index (χ4n) is 3.74. The van der Waals surface area contributed by atoms with Crippen LogP contribution in [0.3, 0.4) is 0 Å². The first-order valence-corrected chi connectivity index (χ1v) is 8.85. The van der Waals surface area contributed by atoms with Crippen molar-refractivity contribution in [3.8, 4) is 0 Å². The van der Waals surface area contributed by atoms with Crippen LogP contribution in [-0.2, 0) is 9.59 Å².